The number of anilines is 1. The van der Waals surface area contributed by atoms with Crippen LogP contribution in [0.3, 0.4) is 0 Å². The van der Waals surface area contributed by atoms with Gasteiger partial charge in [0, 0.05) is 26.9 Å². The van der Waals surface area contributed by atoms with Crippen molar-refractivity contribution in [3.05, 3.63) is 58.1 Å². The fraction of sp³-hybridized carbons (Fsp3) is 0.250. The smallest absolute Gasteiger partial charge is 0.0354 e. The van der Waals surface area contributed by atoms with Crippen molar-refractivity contribution in [1.82, 2.24) is 0 Å². The molecule has 0 saturated carbocycles. The molecule has 3 rings (SSSR count). The van der Waals surface area contributed by atoms with Gasteiger partial charge in [0.2, 0.25) is 0 Å². The Labute approximate surface area is 126 Å². The largest absolute Gasteiger partial charge is 0.384 e. The predicted octanol–water partition coefficient (Wildman–Crippen LogP) is 4.89. The van der Waals surface area contributed by atoms with E-state index in [0.29, 0.717) is 5.25 Å². The van der Waals surface area contributed by atoms with Crippen LogP contribution in [0.1, 0.15) is 11.1 Å². The highest BCUT2D eigenvalue weighted by atomic mass is 79.9. The Balaban J connectivity index is 1.62. The highest BCUT2D eigenvalue weighted by Gasteiger charge is 2.21. The molecule has 0 saturated heterocycles. The lowest BCUT2D eigenvalue weighted by molar-refractivity contribution is 0.899. The highest BCUT2D eigenvalue weighted by molar-refractivity contribution is 9.10. The molecule has 3 heteroatoms. The molecule has 2 aromatic carbocycles. The molecule has 1 N–H and O–H groups in total. The number of benzene rings is 2. The van der Waals surface area contributed by atoms with E-state index in [4.69, 9.17) is 0 Å². The number of aryl methyl sites for hydroxylation is 1. The topological polar surface area (TPSA) is 12.0 Å². The molecular formula is C16H16BrNS. The number of fused-ring (bicyclic) bond motifs is 1. The van der Waals surface area contributed by atoms with Gasteiger partial charge < -0.3 is 5.32 Å². The lowest BCUT2D eigenvalue weighted by Crippen LogP contribution is -2.15. The minimum atomic E-state index is 0.636. The van der Waals surface area contributed by atoms with Crippen molar-refractivity contribution in [3.8, 4) is 0 Å². The van der Waals surface area contributed by atoms with Gasteiger partial charge in [0.15, 0.2) is 0 Å². The summed E-state index contributed by atoms with van der Waals surface area (Å²) in [6.07, 6.45) is 1.17. The number of rotatable bonds is 3. The van der Waals surface area contributed by atoms with Crippen LogP contribution < -0.4 is 5.32 Å². The third kappa shape index (κ3) is 3.15. The summed E-state index contributed by atoms with van der Waals surface area (Å²) in [5, 5.41) is 4.19. The van der Waals surface area contributed by atoms with Crippen molar-refractivity contribution in [2.75, 3.05) is 11.9 Å². The lowest BCUT2D eigenvalue weighted by atomic mass is 10.1. The highest BCUT2D eigenvalue weighted by Crippen LogP contribution is 2.36. The molecular weight excluding hydrogens is 318 g/mol. The van der Waals surface area contributed by atoms with Crippen molar-refractivity contribution in [1.29, 1.82) is 0 Å². The van der Waals surface area contributed by atoms with Gasteiger partial charge in [0.25, 0.3) is 0 Å². The molecule has 0 radical (unpaired) electrons. The zero-order valence-corrected chi connectivity index (χ0v) is 13.2. The summed E-state index contributed by atoms with van der Waals surface area (Å²) in [6.45, 7) is 3.13. The van der Waals surface area contributed by atoms with E-state index in [1.54, 1.807) is 0 Å². The van der Waals surface area contributed by atoms with Gasteiger partial charge in [-0.2, -0.15) is 0 Å². The van der Waals surface area contributed by atoms with Gasteiger partial charge in [0.05, 0.1) is 0 Å². The molecule has 1 unspecified atom stereocenters. The van der Waals surface area contributed by atoms with Crippen LogP contribution in [0.25, 0.3) is 0 Å². The van der Waals surface area contributed by atoms with Crippen molar-refractivity contribution in [2.24, 2.45) is 0 Å². The molecule has 1 aliphatic heterocycles. The second-order valence-electron chi connectivity index (χ2n) is 4.95. The van der Waals surface area contributed by atoms with E-state index in [-0.39, 0.29) is 0 Å². The van der Waals surface area contributed by atoms with Crippen LogP contribution in [0, 0.1) is 6.92 Å². The summed E-state index contributed by atoms with van der Waals surface area (Å²) in [4.78, 5) is 1.44. The van der Waals surface area contributed by atoms with Gasteiger partial charge in [-0.1, -0.05) is 34.1 Å². The van der Waals surface area contributed by atoms with Gasteiger partial charge in [-0.15, -0.1) is 11.8 Å². The van der Waals surface area contributed by atoms with Gasteiger partial charge in [0.1, 0.15) is 0 Å². The molecule has 0 fully saturated rings. The Morgan fingerprint density at radius 2 is 2.11 bits per heavy atom. The van der Waals surface area contributed by atoms with Crippen molar-refractivity contribution < 1.29 is 0 Å². The normalized spacial score (nSPS) is 17.3. The van der Waals surface area contributed by atoms with E-state index >= 15 is 0 Å². The van der Waals surface area contributed by atoms with E-state index in [1.807, 2.05) is 11.8 Å². The number of halogens is 1. The van der Waals surface area contributed by atoms with Crippen LogP contribution in [-0.2, 0) is 6.42 Å². The molecule has 98 valence electrons. The molecule has 1 heterocycles. The first-order valence-electron chi connectivity index (χ1n) is 6.46. The minimum absolute atomic E-state index is 0.636. The summed E-state index contributed by atoms with van der Waals surface area (Å²) in [6, 6.07) is 15.2. The molecule has 1 aliphatic rings. The summed E-state index contributed by atoms with van der Waals surface area (Å²) >= 11 is 5.53. The lowest BCUT2D eigenvalue weighted by Gasteiger charge is -2.12. The average Bonchev–Trinajstić information content (AvgIpc) is 2.78. The maximum absolute atomic E-state index is 3.55. The third-order valence-electron chi connectivity index (χ3n) is 3.29. The molecule has 1 atom stereocenters. The summed E-state index contributed by atoms with van der Waals surface area (Å²) in [7, 11) is 0. The van der Waals surface area contributed by atoms with Crippen molar-refractivity contribution >= 4 is 33.4 Å². The quantitative estimate of drug-likeness (QED) is 0.858. The molecule has 0 aliphatic carbocycles. The molecule has 1 nitrogen and oxygen atoms in total. The van der Waals surface area contributed by atoms with Gasteiger partial charge >= 0.3 is 0 Å². The number of nitrogens with one attached hydrogen (secondary N) is 1. The first-order chi connectivity index (χ1) is 9.20. The minimum Gasteiger partial charge on any atom is -0.384 e. The second kappa shape index (κ2) is 5.59. The Morgan fingerprint density at radius 3 is 2.89 bits per heavy atom. The Bertz CT molecular complexity index is 552. The SMILES string of the molecule is Cc1cc(Br)cc(NCC2Cc3ccccc3S2)c1. The summed E-state index contributed by atoms with van der Waals surface area (Å²) < 4.78 is 1.14. The zero-order valence-electron chi connectivity index (χ0n) is 10.8. The molecule has 0 aromatic heterocycles. The second-order valence-corrected chi connectivity index (χ2v) is 7.21. The molecule has 2 aromatic rings. The maximum atomic E-state index is 3.55. The fourth-order valence-electron chi connectivity index (χ4n) is 2.44. The molecule has 19 heavy (non-hydrogen) atoms. The molecule has 0 bridgehead atoms. The van der Waals surface area contributed by atoms with Crippen LogP contribution in [0.2, 0.25) is 0 Å². The van der Waals surface area contributed by atoms with Crippen molar-refractivity contribution in [2.45, 2.75) is 23.5 Å². The van der Waals surface area contributed by atoms with Gasteiger partial charge in [-0.25, -0.2) is 0 Å². The number of hydrogen-bond acceptors (Lipinski definition) is 2. The van der Waals surface area contributed by atoms with E-state index in [9.17, 15) is 0 Å². The average molecular weight is 334 g/mol. The third-order valence-corrected chi connectivity index (χ3v) is 5.07. The van der Waals surface area contributed by atoms with E-state index in [0.717, 1.165) is 11.0 Å². The monoisotopic (exact) mass is 333 g/mol. The molecule has 0 amide bonds. The maximum Gasteiger partial charge on any atom is 0.0354 e. The number of hydrogen-bond donors (Lipinski definition) is 1. The van der Waals surface area contributed by atoms with Gasteiger partial charge in [-0.05, 0) is 48.7 Å². The van der Waals surface area contributed by atoms with Crippen LogP contribution in [0.4, 0.5) is 5.69 Å². The van der Waals surface area contributed by atoms with Crippen LogP contribution in [0.15, 0.2) is 51.8 Å². The Morgan fingerprint density at radius 1 is 1.26 bits per heavy atom. The van der Waals surface area contributed by atoms with Crippen LogP contribution in [-0.4, -0.2) is 11.8 Å². The Kier molecular flexibility index (Phi) is 3.85. The first kappa shape index (κ1) is 13.1. The van der Waals surface area contributed by atoms with E-state index in [1.165, 1.54) is 28.1 Å². The van der Waals surface area contributed by atoms with Crippen LogP contribution >= 0.6 is 27.7 Å². The first-order valence-corrected chi connectivity index (χ1v) is 8.13. The van der Waals surface area contributed by atoms with Crippen molar-refractivity contribution in [3.63, 3.8) is 0 Å². The zero-order chi connectivity index (χ0) is 13.2. The van der Waals surface area contributed by atoms with Crippen LogP contribution in [0.5, 0.6) is 0 Å². The number of thioether (sulfide) groups is 1. The Hall–Kier alpha value is -0.930. The van der Waals surface area contributed by atoms with Gasteiger partial charge in [-0.3, -0.25) is 0 Å². The predicted molar refractivity (Wildman–Crippen MR) is 87.2 cm³/mol. The standard InChI is InChI=1S/C16H16BrNS/c1-11-6-13(17)9-14(7-11)18-10-15-8-12-4-2-3-5-16(12)19-15/h2-7,9,15,18H,8,10H2,1H3. The van der Waals surface area contributed by atoms with E-state index in [2.05, 4.69) is 70.6 Å². The fourth-order valence-corrected chi connectivity index (χ4v) is 4.29. The molecule has 0 spiro atoms. The van der Waals surface area contributed by atoms with E-state index < -0.39 is 0 Å². The summed E-state index contributed by atoms with van der Waals surface area (Å²) in [5.74, 6) is 0. The summed E-state index contributed by atoms with van der Waals surface area (Å²) in [5.41, 5.74) is 3.97.